The molecule has 0 aromatic heterocycles. The van der Waals surface area contributed by atoms with Crippen molar-refractivity contribution in [1.82, 2.24) is 0 Å². The van der Waals surface area contributed by atoms with Gasteiger partial charge in [-0.1, -0.05) is 44.2 Å². The molecule has 0 bridgehead atoms. The summed E-state index contributed by atoms with van der Waals surface area (Å²) in [6, 6.07) is 11.3. The van der Waals surface area contributed by atoms with Gasteiger partial charge >= 0.3 is 0 Å². The third-order valence-corrected chi connectivity index (χ3v) is 3.53. The average molecular weight is 234 g/mol. The monoisotopic (exact) mass is 234 g/mol. The van der Waals surface area contributed by atoms with E-state index in [1.54, 1.807) is 12.1 Å². The lowest BCUT2D eigenvalue weighted by molar-refractivity contribution is 0.615. The van der Waals surface area contributed by atoms with E-state index >= 15 is 0 Å². The van der Waals surface area contributed by atoms with Gasteiger partial charge in [0.05, 0.1) is 4.90 Å². The van der Waals surface area contributed by atoms with Gasteiger partial charge in [-0.25, -0.2) is 8.42 Å². The van der Waals surface area contributed by atoms with Gasteiger partial charge in [0.25, 0.3) is 0 Å². The molecule has 84 valence electrons. The molecule has 0 aliphatic rings. The van der Waals surface area contributed by atoms with E-state index in [0.717, 1.165) is 10.8 Å². The first-order chi connectivity index (χ1) is 7.61. The van der Waals surface area contributed by atoms with E-state index in [1.807, 2.05) is 18.2 Å². The lowest BCUT2D eigenvalue weighted by Crippen LogP contribution is -1.91. The third kappa shape index (κ3) is 1.83. The fraction of sp³-hybridized carbons (Fsp3) is 0.231. The van der Waals surface area contributed by atoms with Crippen LogP contribution in [0, 0.1) is 0 Å². The van der Waals surface area contributed by atoms with Crippen molar-refractivity contribution in [2.45, 2.75) is 24.7 Å². The van der Waals surface area contributed by atoms with Crippen molar-refractivity contribution in [2.24, 2.45) is 0 Å². The zero-order valence-corrected chi connectivity index (χ0v) is 10.2. The highest BCUT2D eigenvalue weighted by atomic mass is 32.2. The first-order valence-corrected chi connectivity index (χ1v) is 6.45. The number of fused-ring (bicyclic) bond motifs is 1. The minimum absolute atomic E-state index is 0.392. The molecule has 2 rings (SSSR count). The summed E-state index contributed by atoms with van der Waals surface area (Å²) in [5.41, 5.74) is 1.19. The topological polar surface area (TPSA) is 34.1 Å². The Labute approximate surface area is 96.9 Å². The van der Waals surface area contributed by atoms with Gasteiger partial charge < -0.3 is 0 Å². The molecule has 0 aliphatic heterocycles. The zero-order chi connectivity index (χ0) is 11.7. The molecule has 16 heavy (non-hydrogen) atoms. The van der Waals surface area contributed by atoms with E-state index in [-0.39, 0.29) is 0 Å². The van der Waals surface area contributed by atoms with Crippen LogP contribution in [0.1, 0.15) is 25.3 Å². The Hall–Kier alpha value is -1.35. The quantitative estimate of drug-likeness (QED) is 0.811. The molecule has 2 aromatic rings. The Balaban J connectivity index is 2.86. The van der Waals surface area contributed by atoms with Crippen LogP contribution in [-0.2, 0) is 10.7 Å². The number of benzene rings is 2. The van der Waals surface area contributed by atoms with E-state index in [0.29, 0.717) is 10.8 Å². The summed E-state index contributed by atoms with van der Waals surface area (Å²) in [6.45, 7) is 4.22. The summed E-state index contributed by atoms with van der Waals surface area (Å²) in [4.78, 5) is 0.412. The average Bonchev–Trinajstić information content (AvgIpc) is 2.27. The van der Waals surface area contributed by atoms with Crippen LogP contribution >= 0.6 is 0 Å². The second-order valence-corrected chi connectivity index (χ2v) is 5.13. The van der Waals surface area contributed by atoms with Crippen LogP contribution < -0.4 is 0 Å². The van der Waals surface area contributed by atoms with E-state index in [9.17, 15) is 8.42 Å². The third-order valence-electron chi connectivity index (χ3n) is 2.75. The molecule has 0 heterocycles. The van der Waals surface area contributed by atoms with Gasteiger partial charge in [-0.3, -0.25) is 0 Å². The summed E-state index contributed by atoms with van der Waals surface area (Å²) in [7, 11) is -2.53. The standard InChI is InChI=1S/C13H14O2S/c1-9(2)10-5-3-7-12-11(10)6-4-8-13(12)16(14)15/h3-9,16H,1-2H3. The Morgan fingerprint density at radius 1 is 0.938 bits per heavy atom. The van der Waals surface area contributed by atoms with Gasteiger partial charge in [-0.05, 0) is 22.9 Å². The van der Waals surface area contributed by atoms with Gasteiger partial charge in [0.2, 0.25) is 0 Å². The minimum atomic E-state index is -2.53. The Morgan fingerprint density at radius 2 is 1.56 bits per heavy atom. The predicted molar refractivity (Wildman–Crippen MR) is 66.6 cm³/mol. The largest absolute Gasteiger partial charge is 0.227 e. The fourth-order valence-corrected chi connectivity index (χ4v) is 2.58. The Bertz CT molecular complexity index is 590. The van der Waals surface area contributed by atoms with Gasteiger partial charge in [0.15, 0.2) is 10.7 Å². The number of thiol groups is 1. The van der Waals surface area contributed by atoms with E-state index in [1.165, 1.54) is 5.56 Å². The van der Waals surface area contributed by atoms with Gasteiger partial charge in [-0.2, -0.15) is 0 Å². The zero-order valence-electron chi connectivity index (χ0n) is 9.31. The van der Waals surface area contributed by atoms with Crippen molar-refractivity contribution in [2.75, 3.05) is 0 Å². The summed E-state index contributed by atoms with van der Waals surface area (Å²) < 4.78 is 22.3. The fourth-order valence-electron chi connectivity index (χ4n) is 1.98. The molecular weight excluding hydrogens is 220 g/mol. The minimum Gasteiger partial charge on any atom is -0.227 e. The van der Waals surface area contributed by atoms with Crippen molar-refractivity contribution < 1.29 is 8.42 Å². The maximum Gasteiger partial charge on any atom is 0.168 e. The lowest BCUT2D eigenvalue weighted by atomic mass is 9.96. The number of hydrogen-bond acceptors (Lipinski definition) is 2. The second-order valence-electron chi connectivity index (χ2n) is 4.13. The van der Waals surface area contributed by atoms with E-state index in [2.05, 4.69) is 19.9 Å². The molecule has 0 radical (unpaired) electrons. The van der Waals surface area contributed by atoms with Crippen molar-refractivity contribution in [3.05, 3.63) is 42.0 Å². The molecule has 0 aliphatic carbocycles. The van der Waals surface area contributed by atoms with Crippen LogP contribution in [0.2, 0.25) is 0 Å². The first kappa shape index (κ1) is 11.1. The molecule has 2 aromatic carbocycles. The van der Waals surface area contributed by atoms with Gasteiger partial charge in [0, 0.05) is 5.39 Å². The highest BCUT2D eigenvalue weighted by Crippen LogP contribution is 2.27. The van der Waals surface area contributed by atoms with Crippen LogP contribution in [0.5, 0.6) is 0 Å². The lowest BCUT2D eigenvalue weighted by Gasteiger charge is -2.10. The molecule has 3 heteroatoms. The molecular formula is C13H14O2S. The van der Waals surface area contributed by atoms with Crippen molar-refractivity contribution >= 4 is 21.5 Å². The van der Waals surface area contributed by atoms with Gasteiger partial charge in [0.1, 0.15) is 0 Å². The summed E-state index contributed by atoms with van der Waals surface area (Å²) in [6.07, 6.45) is 0. The van der Waals surface area contributed by atoms with E-state index in [4.69, 9.17) is 0 Å². The second kappa shape index (κ2) is 4.26. The molecule has 0 spiro atoms. The molecule has 0 fully saturated rings. The molecule has 0 saturated carbocycles. The highest BCUT2D eigenvalue weighted by Gasteiger charge is 2.08. The molecule has 0 atom stereocenters. The maximum absolute atomic E-state index is 11.1. The maximum atomic E-state index is 11.1. The Kier molecular flexibility index (Phi) is 2.97. The molecule has 0 unspecified atom stereocenters. The molecule has 0 saturated heterocycles. The number of hydrogen-bond donors (Lipinski definition) is 1. The smallest absolute Gasteiger partial charge is 0.168 e. The van der Waals surface area contributed by atoms with Crippen molar-refractivity contribution in [1.29, 1.82) is 0 Å². The van der Waals surface area contributed by atoms with Crippen LogP contribution in [0.4, 0.5) is 0 Å². The predicted octanol–water partition coefficient (Wildman–Crippen LogP) is 2.93. The summed E-state index contributed by atoms with van der Waals surface area (Å²) in [5.74, 6) is 0.392. The van der Waals surface area contributed by atoms with Crippen molar-refractivity contribution in [3.63, 3.8) is 0 Å². The SMILES string of the molecule is CC(C)c1cccc2c([SH](=O)=O)cccc12. The van der Waals surface area contributed by atoms with Crippen LogP contribution in [-0.4, -0.2) is 8.42 Å². The molecule has 2 nitrogen and oxygen atoms in total. The van der Waals surface area contributed by atoms with Gasteiger partial charge in [-0.15, -0.1) is 0 Å². The van der Waals surface area contributed by atoms with Crippen LogP contribution in [0.15, 0.2) is 41.3 Å². The number of rotatable bonds is 2. The Morgan fingerprint density at radius 3 is 2.19 bits per heavy atom. The molecule has 0 amide bonds. The van der Waals surface area contributed by atoms with E-state index < -0.39 is 10.7 Å². The first-order valence-electron chi connectivity index (χ1n) is 5.27. The normalized spacial score (nSPS) is 11.5. The van der Waals surface area contributed by atoms with Crippen molar-refractivity contribution in [3.8, 4) is 0 Å². The molecule has 0 N–H and O–H groups in total. The van der Waals surface area contributed by atoms with Crippen LogP contribution in [0.25, 0.3) is 10.8 Å². The highest BCUT2D eigenvalue weighted by molar-refractivity contribution is 7.72. The summed E-state index contributed by atoms with van der Waals surface area (Å²) in [5, 5.41) is 1.86. The van der Waals surface area contributed by atoms with Crippen LogP contribution in [0.3, 0.4) is 0 Å². The summed E-state index contributed by atoms with van der Waals surface area (Å²) >= 11 is 0.